The molecule has 1 aliphatic heterocycles. The first-order valence-electron chi connectivity index (χ1n) is 5.83. The lowest BCUT2D eigenvalue weighted by atomic mass is 10.1. The summed E-state index contributed by atoms with van der Waals surface area (Å²) in [6, 6.07) is 0.790. The minimum absolute atomic E-state index is 0.790. The Hall–Kier alpha value is -0.120. The summed E-state index contributed by atoms with van der Waals surface area (Å²) in [4.78, 5) is 2.49. The number of nitrogens with one attached hydrogen (secondary N) is 1. The largest absolute Gasteiger partial charge is 0.382 e. The quantitative estimate of drug-likeness (QED) is 0.650. The van der Waals surface area contributed by atoms with Gasteiger partial charge in [-0.25, -0.2) is 0 Å². The molecule has 14 heavy (non-hydrogen) atoms. The van der Waals surface area contributed by atoms with E-state index in [-0.39, 0.29) is 0 Å². The molecule has 0 aromatic heterocycles. The van der Waals surface area contributed by atoms with E-state index < -0.39 is 0 Å². The van der Waals surface area contributed by atoms with Crippen molar-refractivity contribution >= 4 is 0 Å². The monoisotopic (exact) mass is 200 g/mol. The second-order valence-electron chi connectivity index (χ2n) is 4.01. The zero-order valence-corrected chi connectivity index (χ0v) is 9.59. The Balaban J connectivity index is 2.04. The molecule has 0 aromatic rings. The van der Waals surface area contributed by atoms with Gasteiger partial charge in [-0.15, -0.1) is 0 Å². The summed E-state index contributed by atoms with van der Waals surface area (Å²) >= 11 is 0. The molecule has 1 fully saturated rings. The van der Waals surface area contributed by atoms with Gasteiger partial charge in [0.1, 0.15) is 0 Å². The van der Waals surface area contributed by atoms with Crippen molar-refractivity contribution in [2.45, 2.75) is 32.2 Å². The van der Waals surface area contributed by atoms with E-state index in [1.165, 1.54) is 32.5 Å². The second-order valence-corrected chi connectivity index (χ2v) is 4.01. The van der Waals surface area contributed by atoms with E-state index >= 15 is 0 Å². The highest BCUT2D eigenvalue weighted by Gasteiger charge is 2.16. The Morgan fingerprint density at radius 1 is 1.36 bits per heavy atom. The molecule has 3 heteroatoms. The first-order valence-corrected chi connectivity index (χ1v) is 5.83. The van der Waals surface area contributed by atoms with Gasteiger partial charge in [-0.3, -0.25) is 0 Å². The Kier molecular flexibility index (Phi) is 6.15. The first kappa shape index (κ1) is 12.0. The average Bonchev–Trinajstić information content (AvgIpc) is 2.25. The van der Waals surface area contributed by atoms with E-state index in [0.717, 1.165) is 25.7 Å². The summed E-state index contributed by atoms with van der Waals surface area (Å²) in [6.45, 7) is 7.34. The zero-order chi connectivity index (χ0) is 10.2. The Morgan fingerprint density at radius 3 is 2.71 bits per heavy atom. The van der Waals surface area contributed by atoms with Crippen LogP contribution in [0, 0.1) is 0 Å². The van der Waals surface area contributed by atoms with Gasteiger partial charge in [-0.05, 0) is 46.3 Å². The molecule has 1 aliphatic rings. The van der Waals surface area contributed by atoms with Crippen molar-refractivity contribution in [2.75, 3.05) is 39.9 Å². The predicted molar refractivity (Wildman–Crippen MR) is 59.6 cm³/mol. The molecule has 0 unspecified atom stereocenters. The molecule has 1 N–H and O–H groups in total. The fraction of sp³-hybridized carbons (Fsp3) is 1.00. The van der Waals surface area contributed by atoms with E-state index in [1.54, 1.807) is 0 Å². The van der Waals surface area contributed by atoms with Crippen molar-refractivity contribution in [1.29, 1.82) is 0 Å². The van der Waals surface area contributed by atoms with Gasteiger partial charge in [-0.2, -0.15) is 0 Å². The van der Waals surface area contributed by atoms with Crippen LogP contribution in [0.25, 0.3) is 0 Å². The molecule has 0 saturated carbocycles. The molecule has 0 bridgehead atoms. The van der Waals surface area contributed by atoms with Crippen LogP contribution in [0.3, 0.4) is 0 Å². The van der Waals surface area contributed by atoms with Crippen LogP contribution in [0.4, 0.5) is 0 Å². The number of ether oxygens (including phenoxy) is 1. The Bertz CT molecular complexity index is 135. The van der Waals surface area contributed by atoms with Crippen molar-refractivity contribution in [3.05, 3.63) is 0 Å². The fourth-order valence-electron chi connectivity index (χ4n) is 1.99. The number of piperidine rings is 1. The van der Waals surface area contributed by atoms with Crippen LogP contribution in [-0.4, -0.2) is 50.8 Å². The fourth-order valence-corrected chi connectivity index (χ4v) is 1.99. The van der Waals surface area contributed by atoms with Crippen molar-refractivity contribution < 1.29 is 4.74 Å². The maximum Gasteiger partial charge on any atom is 0.0478 e. The van der Waals surface area contributed by atoms with Gasteiger partial charge in [0.25, 0.3) is 0 Å². The molecule has 1 rings (SSSR count). The molecule has 84 valence electrons. The SMILES string of the molecule is CCOCCCN(C)C1CCNCC1. The van der Waals surface area contributed by atoms with Crippen molar-refractivity contribution in [2.24, 2.45) is 0 Å². The number of nitrogens with zero attached hydrogens (tertiary/aromatic N) is 1. The standard InChI is InChI=1S/C11H24N2O/c1-3-14-10-4-9-13(2)11-5-7-12-8-6-11/h11-12H,3-10H2,1-2H3. The van der Waals surface area contributed by atoms with Crippen LogP contribution < -0.4 is 5.32 Å². The van der Waals surface area contributed by atoms with Crippen LogP contribution >= 0.6 is 0 Å². The minimum Gasteiger partial charge on any atom is -0.382 e. The number of hydrogen-bond donors (Lipinski definition) is 1. The maximum atomic E-state index is 5.33. The Labute approximate surface area is 87.8 Å². The van der Waals surface area contributed by atoms with Crippen LogP contribution in [0.1, 0.15) is 26.2 Å². The summed E-state index contributed by atoms with van der Waals surface area (Å²) in [5, 5.41) is 3.39. The topological polar surface area (TPSA) is 24.5 Å². The summed E-state index contributed by atoms with van der Waals surface area (Å²) < 4.78 is 5.33. The summed E-state index contributed by atoms with van der Waals surface area (Å²) in [5.41, 5.74) is 0. The van der Waals surface area contributed by atoms with E-state index in [9.17, 15) is 0 Å². The highest BCUT2D eigenvalue weighted by atomic mass is 16.5. The molecule has 0 radical (unpaired) electrons. The van der Waals surface area contributed by atoms with Gasteiger partial charge in [-0.1, -0.05) is 0 Å². The lowest BCUT2D eigenvalue weighted by Gasteiger charge is -2.31. The van der Waals surface area contributed by atoms with E-state index in [0.29, 0.717) is 0 Å². The van der Waals surface area contributed by atoms with Crippen LogP contribution in [0.5, 0.6) is 0 Å². The molecule has 1 heterocycles. The third-order valence-electron chi connectivity index (χ3n) is 2.94. The second kappa shape index (κ2) is 7.21. The minimum atomic E-state index is 0.790. The van der Waals surface area contributed by atoms with Gasteiger partial charge in [0.05, 0.1) is 0 Å². The first-order chi connectivity index (χ1) is 6.84. The van der Waals surface area contributed by atoms with E-state index in [2.05, 4.69) is 24.2 Å². The summed E-state index contributed by atoms with van der Waals surface area (Å²) in [6.07, 6.45) is 3.75. The molecule has 0 atom stereocenters. The third kappa shape index (κ3) is 4.40. The van der Waals surface area contributed by atoms with Gasteiger partial charge in [0.15, 0.2) is 0 Å². The van der Waals surface area contributed by atoms with Gasteiger partial charge < -0.3 is 15.0 Å². The smallest absolute Gasteiger partial charge is 0.0478 e. The number of hydrogen-bond acceptors (Lipinski definition) is 3. The summed E-state index contributed by atoms with van der Waals surface area (Å²) in [7, 11) is 2.24. The predicted octanol–water partition coefficient (Wildman–Crippen LogP) is 1.10. The third-order valence-corrected chi connectivity index (χ3v) is 2.94. The number of rotatable bonds is 6. The normalized spacial score (nSPS) is 19.1. The molecular formula is C11H24N2O. The molecular weight excluding hydrogens is 176 g/mol. The van der Waals surface area contributed by atoms with E-state index in [4.69, 9.17) is 4.74 Å². The molecule has 3 nitrogen and oxygen atoms in total. The highest BCUT2D eigenvalue weighted by molar-refractivity contribution is 4.75. The molecule has 0 amide bonds. The summed E-state index contributed by atoms with van der Waals surface area (Å²) in [5.74, 6) is 0. The highest BCUT2D eigenvalue weighted by Crippen LogP contribution is 2.09. The lowest BCUT2D eigenvalue weighted by Crippen LogP contribution is -2.41. The van der Waals surface area contributed by atoms with Crippen LogP contribution in [-0.2, 0) is 4.74 Å². The van der Waals surface area contributed by atoms with Crippen molar-refractivity contribution in [3.8, 4) is 0 Å². The molecule has 0 aliphatic carbocycles. The Morgan fingerprint density at radius 2 is 2.07 bits per heavy atom. The van der Waals surface area contributed by atoms with Gasteiger partial charge >= 0.3 is 0 Å². The average molecular weight is 200 g/mol. The lowest BCUT2D eigenvalue weighted by molar-refractivity contribution is 0.123. The van der Waals surface area contributed by atoms with E-state index in [1.807, 2.05) is 0 Å². The van der Waals surface area contributed by atoms with Crippen molar-refractivity contribution in [3.63, 3.8) is 0 Å². The van der Waals surface area contributed by atoms with Gasteiger partial charge in [0, 0.05) is 25.8 Å². The van der Waals surface area contributed by atoms with Gasteiger partial charge in [0.2, 0.25) is 0 Å². The maximum absolute atomic E-state index is 5.33. The molecule has 0 spiro atoms. The molecule has 1 saturated heterocycles. The molecule has 0 aromatic carbocycles. The van der Waals surface area contributed by atoms with Crippen LogP contribution in [0.2, 0.25) is 0 Å². The zero-order valence-electron chi connectivity index (χ0n) is 9.59. The van der Waals surface area contributed by atoms with Crippen molar-refractivity contribution in [1.82, 2.24) is 10.2 Å². The van der Waals surface area contributed by atoms with Crippen LogP contribution in [0.15, 0.2) is 0 Å².